The van der Waals surface area contributed by atoms with Crippen molar-refractivity contribution in [3.05, 3.63) is 0 Å². The molecule has 0 bridgehead atoms. The molecule has 0 amide bonds. The minimum Gasteiger partial charge on any atom is -0.380 e. The molecule has 86 valence electrons. The normalized spacial score (nSPS) is 38.5. The number of likely N-dealkylation sites (tertiary alicyclic amines) is 1. The number of nitrogens with zero attached hydrogens (tertiary/aromatic N) is 1. The number of ketones is 1. The van der Waals surface area contributed by atoms with Crippen LogP contribution in [0.2, 0.25) is 0 Å². The van der Waals surface area contributed by atoms with Crippen LogP contribution in [0.4, 0.5) is 0 Å². The molecule has 0 radical (unpaired) electrons. The van der Waals surface area contributed by atoms with Gasteiger partial charge in [0.05, 0.1) is 6.10 Å². The Bertz CT molecular complexity index is 242. The third-order valence-electron chi connectivity index (χ3n) is 3.95. The van der Waals surface area contributed by atoms with E-state index in [1.807, 2.05) is 0 Å². The Kier molecular flexibility index (Phi) is 3.42. The summed E-state index contributed by atoms with van der Waals surface area (Å²) in [5.74, 6) is 1.11. The maximum absolute atomic E-state index is 11.5. The van der Waals surface area contributed by atoms with Crippen LogP contribution in [0.3, 0.4) is 0 Å². The zero-order valence-electron chi connectivity index (χ0n) is 9.74. The highest BCUT2D eigenvalue weighted by Gasteiger charge is 2.34. The van der Waals surface area contributed by atoms with Crippen LogP contribution in [0.1, 0.15) is 32.6 Å². The van der Waals surface area contributed by atoms with Gasteiger partial charge in [-0.2, -0.15) is 0 Å². The van der Waals surface area contributed by atoms with Gasteiger partial charge in [-0.1, -0.05) is 6.92 Å². The third-order valence-corrected chi connectivity index (χ3v) is 3.95. The maximum atomic E-state index is 11.5. The van der Waals surface area contributed by atoms with Crippen molar-refractivity contribution in [2.75, 3.05) is 20.2 Å². The molecule has 3 heteroatoms. The molecule has 1 aliphatic heterocycles. The number of ether oxygens (including phenoxy) is 1. The molecule has 2 aliphatic rings. The molecule has 0 spiro atoms. The first-order chi connectivity index (χ1) is 7.20. The van der Waals surface area contributed by atoms with Crippen molar-refractivity contribution in [3.8, 4) is 0 Å². The van der Waals surface area contributed by atoms with Gasteiger partial charge in [0, 0.05) is 39.1 Å². The molecule has 3 nitrogen and oxygen atoms in total. The average molecular weight is 211 g/mol. The van der Waals surface area contributed by atoms with E-state index in [1.54, 1.807) is 7.11 Å². The van der Waals surface area contributed by atoms with Crippen molar-refractivity contribution in [2.24, 2.45) is 5.92 Å². The average Bonchev–Trinajstić information content (AvgIpc) is 2.70. The number of carbonyl (C=O) groups excluding carboxylic acids is 1. The predicted molar refractivity (Wildman–Crippen MR) is 58.8 cm³/mol. The summed E-state index contributed by atoms with van der Waals surface area (Å²) in [7, 11) is 1.78. The molecule has 1 saturated carbocycles. The molecule has 0 aromatic carbocycles. The molecule has 0 N–H and O–H groups in total. The lowest BCUT2D eigenvalue weighted by Gasteiger charge is -2.35. The van der Waals surface area contributed by atoms with Crippen molar-refractivity contribution in [1.82, 2.24) is 4.90 Å². The summed E-state index contributed by atoms with van der Waals surface area (Å²) in [4.78, 5) is 13.9. The van der Waals surface area contributed by atoms with Crippen LogP contribution in [0, 0.1) is 5.92 Å². The van der Waals surface area contributed by atoms with Crippen LogP contribution in [0.5, 0.6) is 0 Å². The van der Waals surface area contributed by atoms with E-state index in [1.165, 1.54) is 0 Å². The van der Waals surface area contributed by atoms with Crippen LogP contribution in [0.15, 0.2) is 0 Å². The third kappa shape index (κ3) is 2.40. The summed E-state index contributed by atoms with van der Waals surface area (Å²) in [5.41, 5.74) is 0. The molecule has 0 aromatic heterocycles. The van der Waals surface area contributed by atoms with Gasteiger partial charge in [0.1, 0.15) is 5.78 Å². The topological polar surface area (TPSA) is 29.5 Å². The van der Waals surface area contributed by atoms with Gasteiger partial charge in [0.15, 0.2) is 0 Å². The lowest BCUT2D eigenvalue weighted by atomic mass is 9.84. The lowest BCUT2D eigenvalue weighted by Crippen LogP contribution is -2.43. The zero-order valence-corrected chi connectivity index (χ0v) is 9.74. The fraction of sp³-hybridized carbons (Fsp3) is 0.917. The first-order valence-corrected chi connectivity index (χ1v) is 5.99. The summed E-state index contributed by atoms with van der Waals surface area (Å²) in [6.45, 7) is 4.39. The van der Waals surface area contributed by atoms with Crippen molar-refractivity contribution in [2.45, 2.75) is 44.8 Å². The molecule has 1 heterocycles. The first kappa shape index (κ1) is 11.1. The molecule has 0 aromatic rings. The van der Waals surface area contributed by atoms with Crippen molar-refractivity contribution >= 4 is 5.78 Å². The van der Waals surface area contributed by atoms with Crippen LogP contribution in [-0.2, 0) is 9.53 Å². The van der Waals surface area contributed by atoms with E-state index in [4.69, 9.17) is 4.74 Å². The van der Waals surface area contributed by atoms with Gasteiger partial charge in [0.2, 0.25) is 0 Å². The number of hydrogen-bond donors (Lipinski definition) is 0. The molecule has 15 heavy (non-hydrogen) atoms. The fourth-order valence-electron chi connectivity index (χ4n) is 2.85. The number of hydrogen-bond acceptors (Lipinski definition) is 3. The molecule has 3 atom stereocenters. The smallest absolute Gasteiger partial charge is 0.134 e. The molecular formula is C12H21NO2. The molecule has 2 rings (SSSR count). The summed E-state index contributed by atoms with van der Waals surface area (Å²) >= 11 is 0. The Balaban J connectivity index is 1.94. The van der Waals surface area contributed by atoms with Gasteiger partial charge in [0.25, 0.3) is 0 Å². The molecule has 1 aliphatic carbocycles. The second kappa shape index (κ2) is 4.62. The molecule has 1 saturated heterocycles. The van der Waals surface area contributed by atoms with Gasteiger partial charge in [-0.15, -0.1) is 0 Å². The van der Waals surface area contributed by atoms with Crippen molar-refractivity contribution in [1.29, 1.82) is 0 Å². The number of methoxy groups -OCH3 is 1. The van der Waals surface area contributed by atoms with E-state index in [-0.39, 0.29) is 0 Å². The monoisotopic (exact) mass is 211 g/mol. The summed E-state index contributed by atoms with van der Waals surface area (Å²) in [5, 5.41) is 0. The van der Waals surface area contributed by atoms with Crippen LogP contribution in [-0.4, -0.2) is 43.0 Å². The quantitative estimate of drug-likeness (QED) is 0.692. The van der Waals surface area contributed by atoms with E-state index in [0.717, 1.165) is 38.8 Å². The fourth-order valence-corrected chi connectivity index (χ4v) is 2.85. The van der Waals surface area contributed by atoms with Crippen LogP contribution < -0.4 is 0 Å². The Morgan fingerprint density at radius 2 is 2.20 bits per heavy atom. The zero-order chi connectivity index (χ0) is 10.8. The second-order valence-corrected chi connectivity index (χ2v) is 4.97. The van der Waals surface area contributed by atoms with E-state index >= 15 is 0 Å². The van der Waals surface area contributed by atoms with E-state index in [0.29, 0.717) is 23.8 Å². The van der Waals surface area contributed by atoms with Gasteiger partial charge in [-0.05, 0) is 18.8 Å². The number of rotatable bonds is 2. The largest absolute Gasteiger partial charge is 0.380 e. The molecule has 2 fully saturated rings. The SMILES string of the molecule is CO[C@@H]1CCN(C2CC(=O)CCC2C)C1. The van der Waals surface area contributed by atoms with Gasteiger partial charge in [-0.25, -0.2) is 0 Å². The van der Waals surface area contributed by atoms with E-state index < -0.39 is 0 Å². The van der Waals surface area contributed by atoms with Gasteiger partial charge < -0.3 is 4.74 Å². The first-order valence-electron chi connectivity index (χ1n) is 5.99. The van der Waals surface area contributed by atoms with Crippen LogP contribution in [0.25, 0.3) is 0 Å². The highest BCUT2D eigenvalue weighted by Crippen LogP contribution is 2.29. The van der Waals surface area contributed by atoms with E-state index in [9.17, 15) is 4.79 Å². The minimum atomic E-state index is 0.384. The van der Waals surface area contributed by atoms with E-state index in [2.05, 4.69) is 11.8 Å². The standard InChI is InChI=1S/C12H21NO2/c1-9-3-4-10(14)7-12(9)13-6-5-11(8-13)15-2/h9,11-12H,3-8H2,1-2H3/t9?,11-,12?/m1/s1. The molecule has 2 unspecified atom stereocenters. The number of Topliss-reactive ketones (excluding diaryl/α,β-unsaturated/α-hetero) is 1. The molecular weight excluding hydrogens is 190 g/mol. The highest BCUT2D eigenvalue weighted by molar-refractivity contribution is 5.79. The van der Waals surface area contributed by atoms with Crippen molar-refractivity contribution < 1.29 is 9.53 Å². The Hall–Kier alpha value is -0.410. The van der Waals surface area contributed by atoms with Crippen molar-refractivity contribution in [3.63, 3.8) is 0 Å². The Labute approximate surface area is 91.8 Å². The second-order valence-electron chi connectivity index (χ2n) is 4.97. The van der Waals surface area contributed by atoms with Gasteiger partial charge in [-0.3, -0.25) is 9.69 Å². The predicted octanol–water partition coefficient (Wildman–Crippen LogP) is 1.46. The van der Waals surface area contributed by atoms with Gasteiger partial charge >= 0.3 is 0 Å². The Morgan fingerprint density at radius 3 is 2.87 bits per heavy atom. The van der Waals surface area contributed by atoms with Crippen LogP contribution >= 0.6 is 0 Å². The Morgan fingerprint density at radius 1 is 1.40 bits per heavy atom. The maximum Gasteiger partial charge on any atom is 0.134 e. The minimum absolute atomic E-state index is 0.384. The number of carbonyl (C=O) groups is 1. The summed E-state index contributed by atoms with van der Waals surface area (Å²) < 4.78 is 5.37. The summed E-state index contributed by atoms with van der Waals surface area (Å²) in [6.07, 6.45) is 4.12. The lowest BCUT2D eigenvalue weighted by molar-refractivity contribution is -0.123. The summed E-state index contributed by atoms with van der Waals surface area (Å²) in [6, 6.07) is 0.478. The highest BCUT2D eigenvalue weighted by atomic mass is 16.5.